The van der Waals surface area contributed by atoms with E-state index in [4.69, 9.17) is 11.6 Å². The summed E-state index contributed by atoms with van der Waals surface area (Å²) in [5, 5.41) is 4.23. The van der Waals surface area contributed by atoms with Gasteiger partial charge in [-0.05, 0) is 62.7 Å². The third kappa shape index (κ3) is 1.49. The lowest BCUT2D eigenvalue weighted by molar-refractivity contribution is 1.73. The molecule has 0 aliphatic rings. The minimum atomic E-state index is 0.853. The third-order valence-electron chi connectivity index (χ3n) is 1.58. The molecule has 0 nitrogen and oxygen atoms in total. The van der Waals surface area contributed by atoms with Gasteiger partial charge in [0, 0.05) is 17.2 Å². The maximum Gasteiger partial charge on any atom is 0.0557 e. The molecule has 0 unspecified atom stereocenters. The molecule has 0 spiro atoms. The van der Waals surface area contributed by atoms with E-state index >= 15 is 0 Å². The zero-order chi connectivity index (χ0) is 8.72. The Bertz CT molecular complexity index is 436. The average molecular weight is 420 g/mol. The molecule has 0 saturated carbocycles. The summed E-state index contributed by atoms with van der Waals surface area (Å²) >= 11 is 12.4. The van der Waals surface area contributed by atoms with Gasteiger partial charge in [-0.1, -0.05) is 11.6 Å². The van der Waals surface area contributed by atoms with Gasteiger partial charge in [0.15, 0.2) is 0 Å². The molecule has 2 aromatic rings. The molecule has 4 heteroatoms. The molecule has 0 aliphatic carbocycles. The van der Waals surface area contributed by atoms with Crippen LogP contribution in [0.25, 0.3) is 10.1 Å². The van der Waals surface area contributed by atoms with Crippen LogP contribution in [0.15, 0.2) is 17.5 Å². The maximum absolute atomic E-state index is 6.04. The molecule has 2 rings (SSSR count). The number of hydrogen-bond donors (Lipinski definition) is 0. The van der Waals surface area contributed by atoms with E-state index in [0.717, 1.165) is 8.59 Å². The van der Waals surface area contributed by atoms with Crippen LogP contribution in [0.5, 0.6) is 0 Å². The molecular formula is C8H3ClI2S. The van der Waals surface area contributed by atoms with E-state index in [2.05, 4.69) is 56.6 Å². The van der Waals surface area contributed by atoms with Gasteiger partial charge in [0.2, 0.25) is 0 Å². The van der Waals surface area contributed by atoms with Crippen LogP contribution in [0.4, 0.5) is 0 Å². The molecule has 0 N–H and O–H groups in total. The first-order valence-electron chi connectivity index (χ1n) is 3.21. The molecule has 0 fully saturated rings. The van der Waals surface area contributed by atoms with Gasteiger partial charge in [0.25, 0.3) is 0 Å². The van der Waals surface area contributed by atoms with Gasteiger partial charge in [-0.3, -0.25) is 0 Å². The summed E-state index contributed by atoms with van der Waals surface area (Å²) in [7, 11) is 0. The van der Waals surface area contributed by atoms with Crippen LogP contribution < -0.4 is 0 Å². The highest BCUT2D eigenvalue weighted by Gasteiger charge is 2.07. The van der Waals surface area contributed by atoms with Crippen LogP contribution in [0, 0.1) is 7.14 Å². The van der Waals surface area contributed by atoms with Crippen LogP contribution in [0.3, 0.4) is 0 Å². The van der Waals surface area contributed by atoms with E-state index in [1.807, 2.05) is 6.07 Å². The minimum absolute atomic E-state index is 0.853. The molecule has 0 saturated heterocycles. The van der Waals surface area contributed by atoms with Gasteiger partial charge in [-0.2, -0.15) is 0 Å². The summed E-state index contributed by atoms with van der Waals surface area (Å²) in [5.74, 6) is 0. The normalized spacial score (nSPS) is 10.9. The highest BCUT2D eigenvalue weighted by Crippen LogP contribution is 2.34. The van der Waals surface area contributed by atoms with Crippen LogP contribution in [-0.2, 0) is 0 Å². The lowest BCUT2D eigenvalue weighted by atomic mass is 10.3. The molecule has 0 radical (unpaired) electrons. The maximum atomic E-state index is 6.04. The van der Waals surface area contributed by atoms with Crippen LogP contribution >= 0.6 is 68.1 Å². The van der Waals surface area contributed by atoms with Gasteiger partial charge in [-0.25, -0.2) is 0 Å². The van der Waals surface area contributed by atoms with Crippen molar-refractivity contribution in [2.75, 3.05) is 0 Å². The Kier molecular flexibility index (Phi) is 2.84. The largest absolute Gasteiger partial charge is 0.143 e. The molecular weight excluding hydrogens is 417 g/mol. The predicted octanol–water partition coefficient (Wildman–Crippen LogP) is 4.76. The SMILES string of the molecule is Clc1cc(I)c2sccc2c1I. The van der Waals surface area contributed by atoms with Crippen LogP contribution in [0.2, 0.25) is 5.02 Å². The Morgan fingerprint density at radius 2 is 2.08 bits per heavy atom. The lowest BCUT2D eigenvalue weighted by Crippen LogP contribution is -1.78. The number of benzene rings is 1. The number of halogens is 3. The van der Waals surface area contributed by atoms with Crippen molar-refractivity contribution in [2.45, 2.75) is 0 Å². The molecule has 12 heavy (non-hydrogen) atoms. The molecule has 0 atom stereocenters. The smallest absolute Gasteiger partial charge is 0.0557 e. The predicted molar refractivity (Wildman–Crippen MR) is 72.3 cm³/mol. The Morgan fingerprint density at radius 1 is 1.33 bits per heavy atom. The van der Waals surface area contributed by atoms with Crippen molar-refractivity contribution in [3.8, 4) is 0 Å². The number of fused-ring (bicyclic) bond motifs is 1. The van der Waals surface area contributed by atoms with Gasteiger partial charge in [0.1, 0.15) is 0 Å². The summed E-state index contributed by atoms with van der Waals surface area (Å²) in [6, 6.07) is 4.14. The molecule has 1 heterocycles. The van der Waals surface area contributed by atoms with Crippen molar-refractivity contribution in [1.29, 1.82) is 0 Å². The van der Waals surface area contributed by atoms with Crippen molar-refractivity contribution < 1.29 is 0 Å². The van der Waals surface area contributed by atoms with Gasteiger partial charge in [-0.15, -0.1) is 11.3 Å². The topological polar surface area (TPSA) is 0 Å². The Hall–Kier alpha value is 0.930. The Labute approximate surface area is 107 Å². The highest BCUT2D eigenvalue weighted by molar-refractivity contribution is 14.1. The highest BCUT2D eigenvalue weighted by atomic mass is 127. The number of rotatable bonds is 0. The monoisotopic (exact) mass is 420 g/mol. The molecule has 62 valence electrons. The fourth-order valence-electron chi connectivity index (χ4n) is 1.04. The van der Waals surface area contributed by atoms with Gasteiger partial charge < -0.3 is 0 Å². The van der Waals surface area contributed by atoms with Gasteiger partial charge >= 0.3 is 0 Å². The van der Waals surface area contributed by atoms with Crippen molar-refractivity contribution in [1.82, 2.24) is 0 Å². The molecule has 1 aromatic heterocycles. The first kappa shape index (κ1) is 9.48. The van der Waals surface area contributed by atoms with E-state index in [9.17, 15) is 0 Å². The zero-order valence-electron chi connectivity index (χ0n) is 5.77. The van der Waals surface area contributed by atoms with E-state index in [0.29, 0.717) is 0 Å². The van der Waals surface area contributed by atoms with Crippen molar-refractivity contribution in [3.05, 3.63) is 29.7 Å². The first-order chi connectivity index (χ1) is 5.70. The summed E-state index contributed by atoms with van der Waals surface area (Å²) in [6.07, 6.45) is 0. The Balaban J connectivity index is 2.97. The van der Waals surface area contributed by atoms with E-state index in [1.54, 1.807) is 11.3 Å². The van der Waals surface area contributed by atoms with Crippen LogP contribution in [0.1, 0.15) is 0 Å². The summed E-state index contributed by atoms with van der Waals surface area (Å²) in [4.78, 5) is 0. The second kappa shape index (κ2) is 3.59. The minimum Gasteiger partial charge on any atom is -0.143 e. The van der Waals surface area contributed by atoms with Crippen molar-refractivity contribution in [2.24, 2.45) is 0 Å². The van der Waals surface area contributed by atoms with Crippen molar-refractivity contribution >= 4 is 78.2 Å². The summed E-state index contributed by atoms with van der Waals surface area (Å²) < 4.78 is 3.73. The molecule has 0 aliphatic heterocycles. The standard InChI is InChI=1S/C8H3ClI2S/c9-5-3-6(10)8-4(7(5)11)1-2-12-8/h1-3H. The van der Waals surface area contributed by atoms with Gasteiger partial charge in [0.05, 0.1) is 5.02 Å². The molecule has 0 amide bonds. The van der Waals surface area contributed by atoms with E-state index < -0.39 is 0 Å². The zero-order valence-corrected chi connectivity index (χ0v) is 11.7. The summed E-state index contributed by atoms with van der Waals surface area (Å²) in [6.45, 7) is 0. The van der Waals surface area contributed by atoms with E-state index in [1.165, 1.54) is 13.7 Å². The molecule has 1 aromatic carbocycles. The third-order valence-corrected chi connectivity index (χ3v) is 5.53. The quantitative estimate of drug-likeness (QED) is 0.426. The summed E-state index contributed by atoms with van der Waals surface area (Å²) in [5.41, 5.74) is 0. The first-order valence-corrected chi connectivity index (χ1v) is 6.62. The fourth-order valence-corrected chi connectivity index (χ4v) is 4.01. The van der Waals surface area contributed by atoms with Crippen molar-refractivity contribution in [3.63, 3.8) is 0 Å². The number of thiophene rings is 1. The lowest BCUT2D eigenvalue weighted by Gasteiger charge is -1.99. The fraction of sp³-hybridized carbons (Fsp3) is 0. The van der Waals surface area contributed by atoms with Crippen LogP contribution in [-0.4, -0.2) is 0 Å². The number of hydrogen-bond acceptors (Lipinski definition) is 1. The average Bonchev–Trinajstić information content (AvgIpc) is 2.48. The van der Waals surface area contributed by atoms with E-state index in [-0.39, 0.29) is 0 Å². The second-order valence-electron chi connectivity index (χ2n) is 2.32. The Morgan fingerprint density at radius 3 is 2.83 bits per heavy atom. The molecule has 0 bridgehead atoms. The second-order valence-corrected chi connectivity index (χ2v) is 5.88.